The van der Waals surface area contributed by atoms with E-state index in [1.54, 1.807) is 10.9 Å². The highest BCUT2D eigenvalue weighted by molar-refractivity contribution is 5.85. The molecule has 30 heavy (non-hydrogen) atoms. The van der Waals surface area contributed by atoms with Gasteiger partial charge in [0.1, 0.15) is 18.7 Å². The van der Waals surface area contributed by atoms with E-state index in [4.69, 9.17) is 9.72 Å². The minimum absolute atomic E-state index is 0.259. The number of anilines is 1. The van der Waals surface area contributed by atoms with Crippen molar-refractivity contribution in [2.75, 3.05) is 26.0 Å². The Balaban J connectivity index is 1.74. The van der Waals surface area contributed by atoms with Crippen molar-refractivity contribution in [3.63, 3.8) is 0 Å². The summed E-state index contributed by atoms with van der Waals surface area (Å²) in [4.78, 5) is 19.6. The van der Waals surface area contributed by atoms with E-state index in [-0.39, 0.29) is 6.61 Å². The molecule has 2 aromatic heterocycles. The number of benzene rings is 1. The number of nitrogens with zero attached hydrogens (tertiary/aromatic N) is 6. The third kappa shape index (κ3) is 4.11. The van der Waals surface area contributed by atoms with Gasteiger partial charge in [-0.25, -0.2) is 19.9 Å². The zero-order valence-electron chi connectivity index (χ0n) is 16.9. The van der Waals surface area contributed by atoms with Gasteiger partial charge < -0.3 is 25.2 Å². The Hall–Kier alpha value is -3.08. The summed E-state index contributed by atoms with van der Waals surface area (Å²) < 4.78 is 7.68. The second kappa shape index (κ2) is 8.74. The molecular weight excluding hydrogens is 386 g/mol. The van der Waals surface area contributed by atoms with Crippen LogP contribution in [0.15, 0.2) is 41.7 Å². The molecule has 0 saturated carbocycles. The second-order valence-corrected chi connectivity index (χ2v) is 7.34. The van der Waals surface area contributed by atoms with Gasteiger partial charge in [0.05, 0.1) is 19.0 Å². The predicted octanol–water partition coefficient (Wildman–Crippen LogP) is 1.30. The number of rotatable bonds is 7. The van der Waals surface area contributed by atoms with Crippen LogP contribution in [0.25, 0.3) is 11.2 Å². The highest BCUT2D eigenvalue weighted by atomic mass is 16.5. The van der Waals surface area contributed by atoms with Gasteiger partial charge in [0, 0.05) is 27.1 Å². The van der Waals surface area contributed by atoms with Gasteiger partial charge in [0.2, 0.25) is 5.95 Å². The van der Waals surface area contributed by atoms with Gasteiger partial charge in [-0.3, -0.25) is 4.57 Å². The molecule has 10 heteroatoms. The molecule has 1 aliphatic rings. The molecular formula is C20H25N7O3. The largest absolute Gasteiger partial charge is 0.394 e. The number of nitrogens with one attached hydrogen (secondary N) is 1. The maximum absolute atomic E-state index is 10.2. The minimum Gasteiger partial charge on any atom is -0.394 e. The van der Waals surface area contributed by atoms with Crippen molar-refractivity contribution in [1.29, 1.82) is 0 Å². The van der Waals surface area contributed by atoms with E-state index in [9.17, 15) is 10.2 Å². The molecule has 0 amide bonds. The van der Waals surface area contributed by atoms with E-state index >= 15 is 0 Å². The van der Waals surface area contributed by atoms with Crippen molar-refractivity contribution in [2.24, 2.45) is 4.99 Å². The first-order chi connectivity index (χ1) is 14.6. The highest BCUT2D eigenvalue weighted by Crippen LogP contribution is 2.35. The first kappa shape index (κ1) is 20.2. The summed E-state index contributed by atoms with van der Waals surface area (Å²) in [5, 5.41) is 23.0. The van der Waals surface area contributed by atoms with Crippen LogP contribution in [-0.2, 0) is 11.3 Å². The van der Waals surface area contributed by atoms with Crippen molar-refractivity contribution in [3.8, 4) is 0 Å². The fourth-order valence-corrected chi connectivity index (χ4v) is 3.37. The molecule has 0 spiro atoms. The lowest BCUT2D eigenvalue weighted by molar-refractivity contribution is -0.0425. The number of aliphatic hydroxyl groups is 2. The summed E-state index contributed by atoms with van der Waals surface area (Å²) in [5.41, 5.74) is 2.16. The smallest absolute Gasteiger partial charge is 0.207 e. The number of aliphatic imine (C=N–C) groups is 1. The summed E-state index contributed by atoms with van der Waals surface area (Å²) >= 11 is 0. The van der Waals surface area contributed by atoms with E-state index in [0.717, 1.165) is 5.56 Å². The Labute approximate surface area is 173 Å². The van der Waals surface area contributed by atoms with Crippen molar-refractivity contribution in [2.45, 2.75) is 31.4 Å². The normalized spacial score (nSPS) is 21.5. The van der Waals surface area contributed by atoms with Crippen molar-refractivity contribution in [3.05, 3.63) is 42.2 Å². The minimum atomic E-state index is -0.771. The Morgan fingerprint density at radius 2 is 2.10 bits per heavy atom. The summed E-state index contributed by atoms with van der Waals surface area (Å²) in [5.74, 6) is 0.971. The van der Waals surface area contributed by atoms with E-state index in [1.807, 2.05) is 49.3 Å². The average Bonchev–Trinajstić information content (AvgIpc) is 3.31. The molecule has 158 valence electrons. The summed E-state index contributed by atoms with van der Waals surface area (Å²) in [6.45, 7) is 0.289. The van der Waals surface area contributed by atoms with Crippen LogP contribution in [0, 0.1) is 0 Å². The molecule has 1 fully saturated rings. The molecule has 1 aliphatic heterocycles. The monoisotopic (exact) mass is 411 g/mol. The third-order valence-electron chi connectivity index (χ3n) is 4.83. The van der Waals surface area contributed by atoms with Gasteiger partial charge in [0.25, 0.3) is 0 Å². The van der Waals surface area contributed by atoms with Crippen LogP contribution in [0.2, 0.25) is 0 Å². The Bertz CT molecular complexity index is 1020. The first-order valence-electron chi connectivity index (χ1n) is 9.72. The lowest BCUT2D eigenvalue weighted by Gasteiger charge is -2.17. The number of ether oxygens (including phenoxy) is 1. The van der Waals surface area contributed by atoms with Crippen LogP contribution in [0.3, 0.4) is 0 Å². The standard InChI is InChI=1S/C20H25N7O3/c1-26(2)12-24-18-17-19(23-11-22-18)27(16-8-14(29)15(10-28)30-16)20(25-17)21-9-13-6-4-3-5-7-13/h3-7,11-12,14-16,28-29H,8-10H2,1-2H3,(H,21,25)/b24-12+/t14-,15+,16+/m0/s1. The van der Waals surface area contributed by atoms with Crippen LogP contribution in [0.1, 0.15) is 18.2 Å². The second-order valence-electron chi connectivity index (χ2n) is 7.34. The quantitative estimate of drug-likeness (QED) is 0.393. The molecule has 10 nitrogen and oxygen atoms in total. The fraction of sp³-hybridized carbons (Fsp3) is 0.400. The average molecular weight is 411 g/mol. The van der Waals surface area contributed by atoms with E-state index in [0.29, 0.717) is 35.9 Å². The number of aliphatic hydroxyl groups excluding tert-OH is 2. The molecule has 3 N–H and O–H groups in total. The predicted molar refractivity (Wildman–Crippen MR) is 113 cm³/mol. The SMILES string of the molecule is CN(C)/C=N/c1ncnc2c1nc(NCc1ccccc1)n2[C@H]1C[C@H](O)[C@@H](CO)O1. The van der Waals surface area contributed by atoms with Gasteiger partial charge >= 0.3 is 0 Å². The van der Waals surface area contributed by atoms with Crippen molar-refractivity contribution >= 4 is 29.3 Å². The van der Waals surface area contributed by atoms with Crippen molar-refractivity contribution in [1.82, 2.24) is 24.4 Å². The van der Waals surface area contributed by atoms with Crippen LogP contribution in [0.4, 0.5) is 11.8 Å². The molecule has 0 unspecified atom stereocenters. The number of hydrogen-bond acceptors (Lipinski definition) is 8. The zero-order chi connectivity index (χ0) is 21.1. The van der Waals surface area contributed by atoms with E-state index in [2.05, 4.69) is 20.3 Å². The molecule has 3 atom stereocenters. The molecule has 1 aromatic carbocycles. The summed E-state index contributed by atoms with van der Waals surface area (Å²) in [7, 11) is 3.74. The molecule has 0 radical (unpaired) electrons. The maximum Gasteiger partial charge on any atom is 0.207 e. The van der Waals surface area contributed by atoms with E-state index in [1.165, 1.54) is 6.33 Å². The topological polar surface area (TPSA) is 121 Å². The highest BCUT2D eigenvalue weighted by Gasteiger charge is 2.37. The van der Waals surface area contributed by atoms with Gasteiger partial charge in [0.15, 0.2) is 17.0 Å². The molecule has 1 saturated heterocycles. The van der Waals surface area contributed by atoms with Crippen LogP contribution in [0.5, 0.6) is 0 Å². The van der Waals surface area contributed by atoms with Gasteiger partial charge in [-0.2, -0.15) is 0 Å². The van der Waals surface area contributed by atoms with Crippen molar-refractivity contribution < 1.29 is 14.9 Å². The maximum atomic E-state index is 10.2. The lowest BCUT2D eigenvalue weighted by atomic mass is 10.2. The number of hydrogen-bond donors (Lipinski definition) is 3. The van der Waals surface area contributed by atoms with Crippen LogP contribution in [-0.4, -0.2) is 73.9 Å². The molecule has 4 rings (SSSR count). The Kier molecular flexibility index (Phi) is 5.88. The third-order valence-corrected chi connectivity index (χ3v) is 4.83. The van der Waals surface area contributed by atoms with Gasteiger partial charge in [-0.05, 0) is 5.56 Å². The van der Waals surface area contributed by atoms with Crippen LogP contribution < -0.4 is 5.32 Å². The summed E-state index contributed by atoms with van der Waals surface area (Å²) in [6, 6.07) is 9.95. The zero-order valence-corrected chi connectivity index (χ0v) is 16.9. The summed E-state index contributed by atoms with van der Waals surface area (Å²) in [6.07, 6.45) is 1.45. The van der Waals surface area contributed by atoms with E-state index < -0.39 is 18.4 Å². The lowest BCUT2D eigenvalue weighted by Crippen LogP contribution is -2.24. The number of imidazole rings is 1. The Morgan fingerprint density at radius 3 is 2.80 bits per heavy atom. The number of fused-ring (bicyclic) bond motifs is 1. The number of aromatic nitrogens is 4. The molecule has 0 aliphatic carbocycles. The van der Waals surface area contributed by atoms with Crippen LogP contribution >= 0.6 is 0 Å². The fourth-order valence-electron chi connectivity index (χ4n) is 3.37. The molecule has 3 aromatic rings. The first-order valence-corrected chi connectivity index (χ1v) is 9.72. The molecule has 0 bridgehead atoms. The van der Waals surface area contributed by atoms with Gasteiger partial charge in [-0.15, -0.1) is 0 Å². The Morgan fingerprint density at radius 1 is 1.30 bits per heavy atom. The molecule has 3 heterocycles. The van der Waals surface area contributed by atoms with Gasteiger partial charge in [-0.1, -0.05) is 30.3 Å².